The first-order chi connectivity index (χ1) is 3.31. The molecular weight excluding hydrogens is 163 g/mol. The van der Waals surface area contributed by atoms with Crippen molar-refractivity contribution in [2.75, 3.05) is 13.3 Å². The fourth-order valence-electron chi connectivity index (χ4n) is 0.217. The SMILES string of the molecule is OCCC(Br)CF. The van der Waals surface area contributed by atoms with Crippen LogP contribution in [0.25, 0.3) is 0 Å². The Bertz CT molecular complexity index is 42.7. The minimum atomic E-state index is -0.402. The van der Waals surface area contributed by atoms with Crippen LogP contribution in [0.4, 0.5) is 4.39 Å². The molecule has 1 atom stereocenters. The highest BCUT2D eigenvalue weighted by Gasteiger charge is 1.98. The first kappa shape index (κ1) is 7.37. The fraction of sp³-hybridized carbons (Fsp3) is 1.00. The van der Waals surface area contributed by atoms with Gasteiger partial charge in [-0.25, -0.2) is 4.39 Å². The molecule has 0 aromatic rings. The molecule has 0 aliphatic rings. The summed E-state index contributed by atoms with van der Waals surface area (Å²) in [5.41, 5.74) is 0. The van der Waals surface area contributed by atoms with Crippen LogP contribution in [0.2, 0.25) is 0 Å². The van der Waals surface area contributed by atoms with E-state index in [1.54, 1.807) is 0 Å². The average Bonchev–Trinajstić information content (AvgIpc) is 1.68. The van der Waals surface area contributed by atoms with Crippen LogP contribution in [0.1, 0.15) is 6.42 Å². The summed E-state index contributed by atoms with van der Waals surface area (Å²) in [6, 6.07) is 0. The molecule has 7 heavy (non-hydrogen) atoms. The standard InChI is InChI=1S/C4H8BrFO/c5-4(3-6)1-2-7/h4,7H,1-3H2. The van der Waals surface area contributed by atoms with Crippen molar-refractivity contribution in [3.63, 3.8) is 0 Å². The number of aliphatic hydroxyl groups is 1. The molecule has 0 heterocycles. The van der Waals surface area contributed by atoms with Gasteiger partial charge in [0.1, 0.15) is 6.67 Å². The third-order valence-corrected chi connectivity index (χ3v) is 1.31. The fourth-order valence-corrected chi connectivity index (χ4v) is 0.422. The van der Waals surface area contributed by atoms with Crippen LogP contribution in [-0.4, -0.2) is 23.2 Å². The lowest BCUT2D eigenvalue weighted by Crippen LogP contribution is -2.01. The molecule has 0 amide bonds. The van der Waals surface area contributed by atoms with Gasteiger partial charge in [-0.15, -0.1) is 0 Å². The minimum Gasteiger partial charge on any atom is -0.396 e. The lowest BCUT2D eigenvalue weighted by Gasteiger charge is -1.97. The second kappa shape index (κ2) is 4.53. The summed E-state index contributed by atoms with van der Waals surface area (Å²) < 4.78 is 11.4. The van der Waals surface area contributed by atoms with Crippen molar-refractivity contribution in [2.24, 2.45) is 0 Å². The first-order valence-electron chi connectivity index (χ1n) is 2.12. The largest absolute Gasteiger partial charge is 0.396 e. The summed E-state index contributed by atoms with van der Waals surface area (Å²) in [5.74, 6) is 0. The van der Waals surface area contributed by atoms with Gasteiger partial charge in [-0.2, -0.15) is 0 Å². The van der Waals surface area contributed by atoms with Crippen LogP contribution in [0.5, 0.6) is 0 Å². The zero-order valence-corrected chi connectivity index (χ0v) is 5.49. The average molecular weight is 171 g/mol. The maximum Gasteiger partial charge on any atom is 0.102 e. The smallest absolute Gasteiger partial charge is 0.102 e. The minimum absolute atomic E-state index is 0.0554. The predicted molar refractivity (Wildman–Crippen MR) is 30.4 cm³/mol. The van der Waals surface area contributed by atoms with E-state index in [4.69, 9.17) is 5.11 Å². The highest BCUT2D eigenvalue weighted by Crippen LogP contribution is 2.03. The van der Waals surface area contributed by atoms with E-state index < -0.39 is 6.67 Å². The second-order valence-corrected chi connectivity index (χ2v) is 2.56. The van der Waals surface area contributed by atoms with Gasteiger partial charge < -0.3 is 5.11 Å². The quantitative estimate of drug-likeness (QED) is 0.630. The second-order valence-electron chi connectivity index (χ2n) is 1.26. The molecule has 0 aliphatic carbocycles. The third-order valence-electron chi connectivity index (χ3n) is 0.610. The predicted octanol–water partition coefficient (Wildman–Crippen LogP) is 1.10. The van der Waals surface area contributed by atoms with E-state index in [-0.39, 0.29) is 11.4 Å². The zero-order valence-electron chi connectivity index (χ0n) is 3.90. The summed E-state index contributed by atoms with van der Waals surface area (Å²) in [6.07, 6.45) is 0.497. The van der Waals surface area contributed by atoms with Crippen molar-refractivity contribution in [3.05, 3.63) is 0 Å². The van der Waals surface area contributed by atoms with Crippen LogP contribution >= 0.6 is 15.9 Å². The summed E-state index contributed by atoms with van der Waals surface area (Å²) in [4.78, 5) is -0.155. The molecule has 1 N–H and O–H groups in total. The van der Waals surface area contributed by atoms with Crippen LogP contribution in [-0.2, 0) is 0 Å². The molecule has 0 fully saturated rings. The Kier molecular flexibility index (Phi) is 4.77. The lowest BCUT2D eigenvalue weighted by atomic mass is 10.3. The number of hydrogen-bond donors (Lipinski definition) is 1. The van der Waals surface area contributed by atoms with Gasteiger partial charge in [0.2, 0.25) is 0 Å². The van der Waals surface area contributed by atoms with Gasteiger partial charge >= 0.3 is 0 Å². The Morgan fingerprint density at radius 1 is 1.71 bits per heavy atom. The molecular formula is C4H8BrFO. The van der Waals surface area contributed by atoms with E-state index >= 15 is 0 Å². The van der Waals surface area contributed by atoms with Gasteiger partial charge in [0, 0.05) is 11.4 Å². The maximum absolute atomic E-state index is 11.4. The lowest BCUT2D eigenvalue weighted by molar-refractivity contribution is 0.280. The number of aliphatic hydroxyl groups excluding tert-OH is 1. The van der Waals surface area contributed by atoms with Crippen LogP contribution in [0, 0.1) is 0 Å². The van der Waals surface area contributed by atoms with Gasteiger partial charge in [-0.3, -0.25) is 0 Å². The maximum atomic E-state index is 11.4. The zero-order chi connectivity index (χ0) is 5.70. The van der Waals surface area contributed by atoms with Crippen LogP contribution in [0.15, 0.2) is 0 Å². The molecule has 0 bridgehead atoms. The Morgan fingerprint density at radius 2 is 2.29 bits per heavy atom. The van der Waals surface area contributed by atoms with E-state index in [1.807, 2.05) is 0 Å². The van der Waals surface area contributed by atoms with Gasteiger partial charge in [-0.05, 0) is 6.42 Å². The molecule has 0 radical (unpaired) electrons. The van der Waals surface area contributed by atoms with Crippen molar-refractivity contribution < 1.29 is 9.50 Å². The van der Waals surface area contributed by atoms with Crippen LogP contribution in [0.3, 0.4) is 0 Å². The molecule has 44 valence electrons. The summed E-state index contributed by atoms with van der Waals surface area (Å²) in [5, 5.41) is 8.17. The van der Waals surface area contributed by atoms with Gasteiger partial charge in [0.05, 0.1) is 0 Å². The van der Waals surface area contributed by atoms with Crippen molar-refractivity contribution in [1.29, 1.82) is 0 Å². The normalized spacial score (nSPS) is 14.1. The van der Waals surface area contributed by atoms with E-state index in [0.29, 0.717) is 6.42 Å². The van der Waals surface area contributed by atoms with Crippen molar-refractivity contribution in [1.82, 2.24) is 0 Å². The van der Waals surface area contributed by atoms with Gasteiger partial charge in [-0.1, -0.05) is 15.9 Å². The molecule has 0 aromatic heterocycles. The Hall–Kier alpha value is 0.370. The summed E-state index contributed by atoms with van der Waals surface area (Å²) in [7, 11) is 0. The molecule has 0 aromatic carbocycles. The Balaban J connectivity index is 2.83. The van der Waals surface area contributed by atoms with Crippen LogP contribution < -0.4 is 0 Å². The van der Waals surface area contributed by atoms with E-state index in [9.17, 15) is 4.39 Å². The number of halogens is 2. The van der Waals surface area contributed by atoms with Crippen molar-refractivity contribution in [2.45, 2.75) is 11.2 Å². The number of hydrogen-bond acceptors (Lipinski definition) is 1. The first-order valence-corrected chi connectivity index (χ1v) is 3.03. The van der Waals surface area contributed by atoms with Gasteiger partial charge in [0.25, 0.3) is 0 Å². The Labute approximate surface area is 50.7 Å². The molecule has 1 unspecified atom stereocenters. The highest BCUT2D eigenvalue weighted by atomic mass is 79.9. The Morgan fingerprint density at radius 3 is 2.43 bits per heavy atom. The molecule has 0 spiro atoms. The molecule has 0 saturated heterocycles. The molecule has 3 heteroatoms. The van der Waals surface area contributed by atoms with E-state index in [2.05, 4.69) is 15.9 Å². The molecule has 0 rings (SSSR count). The topological polar surface area (TPSA) is 20.2 Å². The molecule has 0 aliphatic heterocycles. The number of rotatable bonds is 3. The highest BCUT2D eigenvalue weighted by molar-refractivity contribution is 9.09. The third kappa shape index (κ3) is 4.22. The molecule has 1 nitrogen and oxygen atoms in total. The van der Waals surface area contributed by atoms with E-state index in [0.717, 1.165) is 0 Å². The summed E-state index contributed by atoms with van der Waals surface area (Å²) >= 11 is 3.00. The van der Waals surface area contributed by atoms with Crippen molar-refractivity contribution >= 4 is 15.9 Å². The molecule has 0 saturated carbocycles. The van der Waals surface area contributed by atoms with E-state index in [1.165, 1.54) is 0 Å². The van der Waals surface area contributed by atoms with Crippen molar-refractivity contribution in [3.8, 4) is 0 Å². The van der Waals surface area contributed by atoms with Gasteiger partial charge in [0.15, 0.2) is 0 Å². The summed E-state index contributed by atoms with van der Waals surface area (Å²) in [6.45, 7) is -0.347. The number of alkyl halides is 2. The monoisotopic (exact) mass is 170 g/mol.